The lowest BCUT2D eigenvalue weighted by Gasteiger charge is -2.25. The minimum atomic E-state index is -0.0452. The third-order valence-corrected chi connectivity index (χ3v) is 4.02. The van der Waals surface area contributed by atoms with Gasteiger partial charge in [0.15, 0.2) is 0 Å². The Bertz CT molecular complexity index is 366. The zero-order valence-corrected chi connectivity index (χ0v) is 11.2. The Balaban J connectivity index is 2.08. The van der Waals surface area contributed by atoms with Gasteiger partial charge in [0.1, 0.15) is 0 Å². The molecule has 1 aromatic rings. The molecule has 2 atom stereocenters. The summed E-state index contributed by atoms with van der Waals surface area (Å²) < 4.78 is 0. The second kappa shape index (κ2) is 5.60. The lowest BCUT2D eigenvalue weighted by molar-refractivity contribution is -0.134. The van der Waals surface area contributed by atoms with Crippen LogP contribution in [-0.2, 0) is 11.3 Å². The number of carbonyl (C=O) groups is 1. The molecule has 2 unspecified atom stereocenters. The Morgan fingerprint density at radius 3 is 3.12 bits per heavy atom. The third-order valence-electron chi connectivity index (χ3n) is 3.38. The second-order valence-corrected chi connectivity index (χ2v) is 5.34. The van der Waals surface area contributed by atoms with Crippen LogP contribution in [0.15, 0.2) is 10.9 Å². The van der Waals surface area contributed by atoms with Gasteiger partial charge in [-0.3, -0.25) is 4.79 Å². The summed E-state index contributed by atoms with van der Waals surface area (Å²) in [5.41, 5.74) is 2.81. The van der Waals surface area contributed by atoms with Gasteiger partial charge in [0.2, 0.25) is 5.91 Å². The molecule has 1 saturated heterocycles. The van der Waals surface area contributed by atoms with Crippen LogP contribution in [0.1, 0.15) is 25.5 Å². The van der Waals surface area contributed by atoms with Crippen molar-refractivity contribution >= 4 is 17.2 Å². The fraction of sp³-hybridized carbons (Fsp3) is 0.667. The van der Waals surface area contributed by atoms with Gasteiger partial charge in [-0.05, 0) is 25.8 Å². The van der Waals surface area contributed by atoms with Gasteiger partial charge in [0.05, 0.1) is 23.8 Å². The zero-order chi connectivity index (χ0) is 12.3. The van der Waals surface area contributed by atoms with Gasteiger partial charge in [0, 0.05) is 11.9 Å². The van der Waals surface area contributed by atoms with Crippen LogP contribution in [0.3, 0.4) is 0 Å². The Kier molecular flexibility index (Phi) is 4.12. The van der Waals surface area contributed by atoms with Crippen molar-refractivity contribution in [2.75, 3.05) is 13.6 Å². The number of carbonyl (C=O) groups excluding carboxylic acids is 1. The van der Waals surface area contributed by atoms with Crippen LogP contribution < -0.4 is 5.32 Å². The fourth-order valence-corrected chi connectivity index (χ4v) is 2.95. The summed E-state index contributed by atoms with van der Waals surface area (Å²) in [6, 6.07) is -0.0452. The third kappa shape index (κ3) is 2.84. The van der Waals surface area contributed by atoms with E-state index < -0.39 is 0 Å². The quantitative estimate of drug-likeness (QED) is 0.887. The minimum absolute atomic E-state index is 0.0452. The molecule has 2 rings (SSSR count). The van der Waals surface area contributed by atoms with Crippen LogP contribution in [-0.4, -0.2) is 35.4 Å². The maximum Gasteiger partial charge on any atom is 0.240 e. The number of likely N-dealkylation sites (tertiary alicyclic amines) is 1. The largest absolute Gasteiger partial charge is 0.335 e. The molecular weight excluding hydrogens is 234 g/mol. The molecule has 4 nitrogen and oxygen atoms in total. The number of thiazole rings is 1. The average Bonchev–Trinajstić information content (AvgIpc) is 2.76. The second-order valence-electron chi connectivity index (χ2n) is 4.63. The molecule has 1 aliphatic heterocycles. The summed E-state index contributed by atoms with van der Waals surface area (Å²) in [6.07, 6.45) is 2.18. The van der Waals surface area contributed by atoms with Crippen LogP contribution in [0.25, 0.3) is 0 Å². The number of hydrogen-bond donors (Lipinski definition) is 1. The van der Waals surface area contributed by atoms with E-state index in [1.165, 1.54) is 0 Å². The van der Waals surface area contributed by atoms with Gasteiger partial charge in [-0.25, -0.2) is 4.98 Å². The SMILES string of the molecule is CNC1C(=O)N(Cc2cscn2)CCCC1C. The van der Waals surface area contributed by atoms with E-state index in [4.69, 9.17) is 0 Å². The van der Waals surface area contributed by atoms with E-state index in [1.807, 2.05) is 22.8 Å². The number of likely N-dealkylation sites (N-methyl/N-ethyl adjacent to an activating group) is 1. The molecule has 0 spiro atoms. The molecule has 0 aliphatic carbocycles. The van der Waals surface area contributed by atoms with E-state index in [1.54, 1.807) is 11.3 Å². The number of hydrogen-bond acceptors (Lipinski definition) is 4. The Hall–Kier alpha value is -0.940. The molecular formula is C12H19N3OS. The number of amides is 1. The molecule has 0 bridgehead atoms. The summed E-state index contributed by atoms with van der Waals surface area (Å²) >= 11 is 1.58. The van der Waals surface area contributed by atoms with Crippen molar-refractivity contribution in [2.24, 2.45) is 5.92 Å². The number of nitrogens with one attached hydrogen (secondary N) is 1. The summed E-state index contributed by atoms with van der Waals surface area (Å²) in [7, 11) is 1.87. The molecule has 0 aromatic carbocycles. The van der Waals surface area contributed by atoms with Gasteiger partial charge in [-0.15, -0.1) is 11.3 Å². The molecule has 94 valence electrons. The first-order chi connectivity index (χ1) is 8.22. The molecule has 17 heavy (non-hydrogen) atoms. The predicted octanol–water partition coefficient (Wildman–Crippen LogP) is 1.49. The standard InChI is InChI=1S/C12H19N3OS/c1-9-4-3-5-15(12(16)11(9)13-2)6-10-7-17-8-14-10/h7-9,11,13H,3-6H2,1-2H3. The molecule has 1 amide bonds. The van der Waals surface area contributed by atoms with E-state index in [-0.39, 0.29) is 11.9 Å². The summed E-state index contributed by atoms with van der Waals surface area (Å²) in [5, 5.41) is 5.15. The van der Waals surface area contributed by atoms with Crippen molar-refractivity contribution in [3.05, 3.63) is 16.6 Å². The normalized spacial score (nSPS) is 26.0. The maximum absolute atomic E-state index is 12.4. The lowest BCUT2D eigenvalue weighted by Crippen LogP contribution is -2.46. The van der Waals surface area contributed by atoms with Crippen LogP contribution in [0.2, 0.25) is 0 Å². The fourth-order valence-electron chi connectivity index (χ4n) is 2.40. The first-order valence-electron chi connectivity index (χ1n) is 6.05. The maximum atomic E-state index is 12.4. The lowest BCUT2D eigenvalue weighted by atomic mass is 9.98. The number of nitrogens with zero attached hydrogens (tertiary/aromatic N) is 2. The molecule has 1 aliphatic rings. The first kappa shape index (κ1) is 12.5. The van der Waals surface area contributed by atoms with Gasteiger partial charge in [-0.1, -0.05) is 6.92 Å². The van der Waals surface area contributed by atoms with Crippen molar-refractivity contribution in [3.63, 3.8) is 0 Å². The van der Waals surface area contributed by atoms with Crippen molar-refractivity contribution in [2.45, 2.75) is 32.4 Å². The molecule has 2 heterocycles. The highest BCUT2D eigenvalue weighted by Crippen LogP contribution is 2.20. The summed E-state index contributed by atoms with van der Waals surface area (Å²) in [6.45, 7) is 3.64. The van der Waals surface area contributed by atoms with Crippen LogP contribution >= 0.6 is 11.3 Å². The van der Waals surface area contributed by atoms with Gasteiger partial charge in [-0.2, -0.15) is 0 Å². The highest BCUT2D eigenvalue weighted by molar-refractivity contribution is 7.07. The number of rotatable bonds is 3. The van der Waals surface area contributed by atoms with Crippen LogP contribution in [0, 0.1) is 5.92 Å². The van der Waals surface area contributed by atoms with Crippen molar-refractivity contribution in [3.8, 4) is 0 Å². The average molecular weight is 253 g/mol. The highest BCUT2D eigenvalue weighted by Gasteiger charge is 2.30. The summed E-state index contributed by atoms with van der Waals surface area (Å²) in [5.74, 6) is 0.624. The Labute approximate surface area is 106 Å². The molecule has 1 N–H and O–H groups in total. The van der Waals surface area contributed by atoms with Gasteiger partial charge >= 0.3 is 0 Å². The number of aromatic nitrogens is 1. The minimum Gasteiger partial charge on any atom is -0.335 e. The van der Waals surface area contributed by atoms with Crippen molar-refractivity contribution in [1.82, 2.24) is 15.2 Å². The van der Waals surface area contributed by atoms with E-state index >= 15 is 0 Å². The monoisotopic (exact) mass is 253 g/mol. The Morgan fingerprint density at radius 1 is 1.65 bits per heavy atom. The highest BCUT2D eigenvalue weighted by atomic mass is 32.1. The Morgan fingerprint density at radius 2 is 2.47 bits per heavy atom. The summed E-state index contributed by atoms with van der Waals surface area (Å²) in [4.78, 5) is 18.5. The predicted molar refractivity (Wildman–Crippen MR) is 68.8 cm³/mol. The first-order valence-corrected chi connectivity index (χ1v) is 6.99. The van der Waals surface area contributed by atoms with Crippen LogP contribution in [0.5, 0.6) is 0 Å². The smallest absolute Gasteiger partial charge is 0.240 e. The van der Waals surface area contributed by atoms with Crippen molar-refractivity contribution < 1.29 is 4.79 Å². The van der Waals surface area contributed by atoms with E-state index in [0.717, 1.165) is 25.1 Å². The molecule has 0 radical (unpaired) electrons. The topological polar surface area (TPSA) is 45.2 Å². The van der Waals surface area contributed by atoms with Gasteiger partial charge < -0.3 is 10.2 Å². The van der Waals surface area contributed by atoms with Gasteiger partial charge in [0.25, 0.3) is 0 Å². The van der Waals surface area contributed by atoms with E-state index in [9.17, 15) is 4.79 Å². The molecule has 0 saturated carbocycles. The molecule has 5 heteroatoms. The van der Waals surface area contributed by atoms with E-state index in [0.29, 0.717) is 12.5 Å². The van der Waals surface area contributed by atoms with Crippen molar-refractivity contribution in [1.29, 1.82) is 0 Å². The molecule has 1 fully saturated rings. The zero-order valence-electron chi connectivity index (χ0n) is 10.3. The van der Waals surface area contributed by atoms with Crippen LogP contribution in [0.4, 0.5) is 0 Å². The molecule has 1 aromatic heterocycles. The van der Waals surface area contributed by atoms with E-state index in [2.05, 4.69) is 17.2 Å².